The molecule has 1 aliphatic rings. The van der Waals surface area contributed by atoms with E-state index in [1.807, 2.05) is 5.32 Å². The Kier molecular flexibility index (Phi) is 8.12. The minimum absolute atomic E-state index is 0.0508. The lowest BCUT2D eigenvalue weighted by molar-refractivity contribution is -0.161. The zero-order chi connectivity index (χ0) is 29.6. The van der Waals surface area contributed by atoms with Crippen molar-refractivity contribution in [1.82, 2.24) is 20.4 Å². The van der Waals surface area contributed by atoms with Gasteiger partial charge in [-0.25, -0.2) is 13.2 Å². The molecule has 3 rings (SSSR count). The van der Waals surface area contributed by atoms with E-state index < -0.39 is 65.7 Å². The summed E-state index contributed by atoms with van der Waals surface area (Å²) in [4.78, 5) is 24.4. The molecule has 39 heavy (non-hydrogen) atoms. The Hall–Kier alpha value is -3.17. The van der Waals surface area contributed by atoms with Crippen LogP contribution in [-0.4, -0.2) is 52.5 Å². The van der Waals surface area contributed by atoms with Crippen LogP contribution in [0, 0.1) is 13.8 Å². The van der Waals surface area contributed by atoms with Crippen molar-refractivity contribution in [3.05, 3.63) is 51.8 Å². The molecular weight excluding hydrogens is 562 g/mol. The van der Waals surface area contributed by atoms with Crippen LogP contribution in [0.15, 0.2) is 22.6 Å². The van der Waals surface area contributed by atoms with Gasteiger partial charge in [0.15, 0.2) is 10.4 Å². The second-order valence-corrected chi connectivity index (χ2v) is 10.2. The van der Waals surface area contributed by atoms with Gasteiger partial charge in [0.25, 0.3) is 11.8 Å². The van der Waals surface area contributed by atoms with Gasteiger partial charge in [-0.3, -0.25) is 14.3 Å². The van der Waals surface area contributed by atoms with Gasteiger partial charge in [-0.2, -0.15) is 31.4 Å². The lowest BCUT2D eigenvalue weighted by Crippen LogP contribution is -2.41. The topological polar surface area (TPSA) is 88.4 Å². The average Bonchev–Trinajstić information content (AvgIpc) is 3.40. The number of aryl methyl sites for hydroxylation is 3. The molecule has 1 aromatic carbocycles. The van der Waals surface area contributed by atoms with Crippen LogP contribution >= 0.6 is 11.9 Å². The van der Waals surface area contributed by atoms with Gasteiger partial charge in [-0.1, -0.05) is 0 Å². The summed E-state index contributed by atoms with van der Waals surface area (Å²) in [6, 6.07) is 3.16. The van der Waals surface area contributed by atoms with Crippen molar-refractivity contribution in [3.8, 4) is 0 Å². The predicted octanol–water partition coefficient (Wildman–Crippen LogP) is 4.86. The number of halogens is 8. The number of aromatic nitrogens is 2. The highest BCUT2D eigenvalue weighted by atomic mass is 32.2. The smallest absolute Gasteiger partial charge is 0.349 e. The third kappa shape index (κ3) is 6.53. The molecule has 0 saturated carbocycles. The highest BCUT2D eigenvalue weighted by Gasteiger charge is 2.62. The summed E-state index contributed by atoms with van der Waals surface area (Å²) >= 11 is 0.0884. The van der Waals surface area contributed by atoms with Crippen molar-refractivity contribution in [2.75, 3.05) is 13.1 Å². The van der Waals surface area contributed by atoms with Crippen LogP contribution in [0.2, 0.25) is 0 Å². The number of carbonyl (C=O) groups is 2. The first kappa shape index (κ1) is 30.4. The number of hydrogen-bond donors (Lipinski definition) is 2. The third-order valence-electron chi connectivity index (χ3n) is 5.87. The molecule has 1 aromatic heterocycles. The third-order valence-corrected chi connectivity index (χ3v) is 7.08. The largest absolute Gasteiger partial charge is 0.435 e. The van der Waals surface area contributed by atoms with Crippen molar-refractivity contribution in [2.45, 2.75) is 50.2 Å². The summed E-state index contributed by atoms with van der Waals surface area (Å²) in [7, 11) is 0.992. The van der Waals surface area contributed by atoms with E-state index in [0.29, 0.717) is 28.8 Å². The Bertz CT molecular complexity index is 1290. The van der Waals surface area contributed by atoms with Crippen LogP contribution in [0.4, 0.5) is 35.1 Å². The summed E-state index contributed by atoms with van der Waals surface area (Å²) in [6.45, 7) is 2.11. The molecule has 0 aliphatic carbocycles. The van der Waals surface area contributed by atoms with Gasteiger partial charge in [-0.05, 0) is 60.7 Å². The molecule has 16 heteroatoms. The molecule has 1 aliphatic heterocycles. The van der Waals surface area contributed by atoms with Crippen LogP contribution in [0.25, 0.3) is 0 Å². The molecule has 2 heterocycles. The first-order valence-electron chi connectivity index (χ1n) is 11.2. The average molecular weight is 586 g/mol. The Balaban J connectivity index is 1.83. The Morgan fingerprint density at radius 3 is 2.10 bits per heavy atom. The van der Waals surface area contributed by atoms with Crippen LogP contribution in [-0.2, 0) is 22.8 Å². The van der Waals surface area contributed by atoms with E-state index in [-0.39, 0.29) is 28.8 Å². The molecule has 0 saturated heterocycles. The van der Waals surface area contributed by atoms with Crippen molar-refractivity contribution in [3.63, 3.8) is 0 Å². The molecule has 1 unspecified atom stereocenters. The van der Waals surface area contributed by atoms with Gasteiger partial charge in [0.2, 0.25) is 5.91 Å². The van der Waals surface area contributed by atoms with Gasteiger partial charge in [0, 0.05) is 26.0 Å². The zero-order valence-electron chi connectivity index (χ0n) is 20.9. The lowest BCUT2D eigenvalue weighted by Gasteiger charge is -2.29. The number of alkyl halides is 8. The number of nitrogens with one attached hydrogen (secondary N) is 2. The first-order valence-corrected chi connectivity index (χ1v) is 12.0. The molecule has 0 radical (unpaired) electrons. The molecule has 214 valence electrons. The molecule has 0 bridgehead atoms. The normalized spacial score (nSPS) is 18.2. The highest BCUT2D eigenvalue weighted by Crippen LogP contribution is 2.57. The summed E-state index contributed by atoms with van der Waals surface area (Å²) in [5.41, 5.74) is -1.25. The fourth-order valence-corrected chi connectivity index (χ4v) is 5.09. The Labute approximate surface area is 221 Å². The Morgan fingerprint density at radius 2 is 1.62 bits per heavy atom. The number of hydrogen-bond acceptors (Lipinski definition) is 5. The van der Waals surface area contributed by atoms with Crippen LogP contribution in [0.5, 0.6) is 0 Å². The van der Waals surface area contributed by atoms with Crippen molar-refractivity contribution in [2.24, 2.45) is 11.4 Å². The van der Waals surface area contributed by atoms with E-state index in [1.165, 1.54) is 26.0 Å². The quantitative estimate of drug-likeness (QED) is 0.359. The minimum atomic E-state index is -4.99. The number of rotatable bonds is 7. The summed E-state index contributed by atoms with van der Waals surface area (Å²) < 4.78 is 110. The van der Waals surface area contributed by atoms with Crippen LogP contribution < -0.4 is 10.6 Å². The molecule has 1 atom stereocenters. The monoisotopic (exact) mass is 585 g/mol. The van der Waals surface area contributed by atoms with E-state index in [9.17, 15) is 44.7 Å². The number of amides is 2. The molecule has 2 N–H and O–H groups in total. The van der Waals surface area contributed by atoms with E-state index in [0.717, 1.165) is 7.05 Å². The van der Waals surface area contributed by atoms with Crippen LogP contribution in [0.3, 0.4) is 0 Å². The van der Waals surface area contributed by atoms with Gasteiger partial charge in [0.05, 0.1) is 24.5 Å². The molecule has 0 spiro atoms. The molecule has 0 fully saturated rings. The van der Waals surface area contributed by atoms with Crippen molar-refractivity contribution < 1.29 is 44.7 Å². The van der Waals surface area contributed by atoms with Gasteiger partial charge < -0.3 is 10.6 Å². The first-order chi connectivity index (χ1) is 17.7. The SMILES string of the molecule is Cc1cc(C2=NSC(c3cc(C(F)(F)F)nn3C)(C(F)(F)F)C2)cc(C)c1C(=O)NCC(=O)NCC(C)(F)F. The van der Waals surface area contributed by atoms with Gasteiger partial charge >= 0.3 is 12.4 Å². The second kappa shape index (κ2) is 10.4. The van der Waals surface area contributed by atoms with Crippen molar-refractivity contribution >= 4 is 29.5 Å². The molecule has 2 aromatic rings. The van der Waals surface area contributed by atoms with Crippen LogP contribution in [0.1, 0.15) is 51.8 Å². The summed E-state index contributed by atoms with van der Waals surface area (Å²) in [6.07, 6.45) is -10.7. The fourth-order valence-electron chi connectivity index (χ4n) is 4.06. The fraction of sp³-hybridized carbons (Fsp3) is 0.478. The van der Waals surface area contributed by atoms with E-state index >= 15 is 0 Å². The van der Waals surface area contributed by atoms with E-state index in [4.69, 9.17) is 0 Å². The molecule has 7 nitrogen and oxygen atoms in total. The second-order valence-electron chi connectivity index (χ2n) is 9.18. The minimum Gasteiger partial charge on any atom is -0.349 e. The summed E-state index contributed by atoms with van der Waals surface area (Å²) in [5.74, 6) is -4.69. The van der Waals surface area contributed by atoms with Gasteiger partial charge in [0.1, 0.15) is 0 Å². The Morgan fingerprint density at radius 1 is 1.03 bits per heavy atom. The number of nitrogens with zero attached hydrogens (tertiary/aromatic N) is 3. The zero-order valence-corrected chi connectivity index (χ0v) is 21.8. The molecular formula is C23H23F8N5O2S. The standard InChI is InChI=1S/C23H23F8N5O2S/c1-11-5-13(6-12(2)18(11)19(38)32-9-17(37)33-10-20(3,24)25)14-8-21(39-35-14,23(29,30)31)16-7-15(22(26,27)28)34-36(16)4/h5-7H,8-10H2,1-4H3,(H,32,38)(H,33,37). The van der Waals surface area contributed by atoms with Crippen molar-refractivity contribution in [1.29, 1.82) is 0 Å². The lowest BCUT2D eigenvalue weighted by atomic mass is 9.90. The highest BCUT2D eigenvalue weighted by molar-refractivity contribution is 7.99. The maximum atomic E-state index is 14.3. The maximum Gasteiger partial charge on any atom is 0.435 e. The number of benzene rings is 1. The van der Waals surface area contributed by atoms with E-state index in [2.05, 4.69) is 14.8 Å². The summed E-state index contributed by atoms with van der Waals surface area (Å²) in [5, 5.41) is 7.48. The molecule has 2 amide bonds. The van der Waals surface area contributed by atoms with Gasteiger partial charge in [-0.15, -0.1) is 0 Å². The predicted molar refractivity (Wildman–Crippen MR) is 127 cm³/mol. The van der Waals surface area contributed by atoms with E-state index in [1.54, 1.807) is 0 Å². The number of carbonyl (C=O) groups excluding carboxylic acids is 2. The maximum absolute atomic E-state index is 14.3.